The first-order chi connectivity index (χ1) is 13.0. The number of benzene rings is 2. The smallest absolute Gasteiger partial charge is 0.256 e. The van der Waals surface area contributed by atoms with Crippen LogP contribution in [-0.2, 0) is 9.53 Å². The van der Waals surface area contributed by atoms with Crippen LogP contribution in [0.2, 0.25) is 5.02 Å². The highest BCUT2D eigenvalue weighted by Crippen LogP contribution is 2.36. The summed E-state index contributed by atoms with van der Waals surface area (Å²) in [7, 11) is 3.18. The van der Waals surface area contributed by atoms with Gasteiger partial charge in [0.1, 0.15) is 11.8 Å². The van der Waals surface area contributed by atoms with Gasteiger partial charge < -0.3 is 19.7 Å². The number of carbonyl (C=O) groups excluding carboxylic acids is 2. The number of hydrogen-bond donors (Lipinski definition) is 1. The first-order valence-corrected chi connectivity index (χ1v) is 9.02. The van der Waals surface area contributed by atoms with Gasteiger partial charge in [0.15, 0.2) is 0 Å². The summed E-state index contributed by atoms with van der Waals surface area (Å²) in [6.07, 6.45) is 0.360. The van der Waals surface area contributed by atoms with Gasteiger partial charge in [-0.3, -0.25) is 9.59 Å². The van der Waals surface area contributed by atoms with E-state index in [0.717, 1.165) is 11.1 Å². The van der Waals surface area contributed by atoms with Crippen molar-refractivity contribution in [3.05, 3.63) is 47.0 Å². The number of amides is 2. The van der Waals surface area contributed by atoms with Gasteiger partial charge in [-0.15, -0.1) is 0 Å². The van der Waals surface area contributed by atoms with Crippen LogP contribution in [0.1, 0.15) is 16.8 Å². The minimum absolute atomic E-state index is 0.137. The molecule has 1 fully saturated rings. The molecule has 0 aliphatic carbocycles. The van der Waals surface area contributed by atoms with Crippen molar-refractivity contribution in [1.82, 2.24) is 4.90 Å². The van der Waals surface area contributed by atoms with Crippen LogP contribution >= 0.6 is 11.6 Å². The molecule has 2 aromatic carbocycles. The second kappa shape index (κ2) is 6.87. The highest BCUT2D eigenvalue weighted by atomic mass is 35.5. The molecule has 0 bridgehead atoms. The molecule has 2 atom stereocenters. The molecule has 4 rings (SSSR count). The molecule has 0 unspecified atom stereocenters. The average molecular weight is 387 g/mol. The van der Waals surface area contributed by atoms with E-state index in [1.54, 1.807) is 49.5 Å². The largest absolute Gasteiger partial charge is 0.496 e. The van der Waals surface area contributed by atoms with E-state index in [1.807, 2.05) is 6.07 Å². The molecule has 2 aliphatic rings. The number of halogens is 1. The van der Waals surface area contributed by atoms with Crippen LogP contribution in [0.4, 0.5) is 5.69 Å². The number of hydrogen-bond acceptors (Lipinski definition) is 4. The zero-order valence-electron chi connectivity index (χ0n) is 15.0. The fraction of sp³-hybridized carbons (Fsp3) is 0.300. The number of anilines is 1. The van der Waals surface area contributed by atoms with E-state index in [-0.39, 0.29) is 17.9 Å². The second-order valence-electron chi connectivity index (χ2n) is 6.66. The summed E-state index contributed by atoms with van der Waals surface area (Å²) in [6.45, 7) is 0.400. The zero-order valence-corrected chi connectivity index (χ0v) is 15.7. The van der Waals surface area contributed by atoms with E-state index in [9.17, 15) is 9.59 Å². The highest BCUT2D eigenvalue weighted by Gasteiger charge is 2.42. The third-order valence-corrected chi connectivity index (χ3v) is 5.38. The molecule has 2 amide bonds. The van der Waals surface area contributed by atoms with Crippen LogP contribution in [0.5, 0.6) is 5.75 Å². The Hall–Kier alpha value is -2.57. The molecule has 1 saturated heterocycles. The normalized spacial score (nSPS) is 21.4. The molecule has 0 saturated carbocycles. The topological polar surface area (TPSA) is 67.9 Å². The van der Waals surface area contributed by atoms with Crippen molar-refractivity contribution in [1.29, 1.82) is 0 Å². The molecular weight excluding hydrogens is 368 g/mol. The van der Waals surface area contributed by atoms with Crippen LogP contribution in [0.3, 0.4) is 0 Å². The third-order valence-electron chi connectivity index (χ3n) is 5.14. The Kier molecular flexibility index (Phi) is 4.53. The lowest BCUT2D eigenvalue weighted by Crippen LogP contribution is -2.40. The molecular formula is C20H19ClN2O4. The summed E-state index contributed by atoms with van der Waals surface area (Å²) in [5.41, 5.74) is 2.53. The Morgan fingerprint density at radius 2 is 1.93 bits per heavy atom. The van der Waals surface area contributed by atoms with Crippen LogP contribution in [0, 0.1) is 0 Å². The van der Waals surface area contributed by atoms with E-state index < -0.39 is 6.04 Å². The van der Waals surface area contributed by atoms with Crippen molar-refractivity contribution in [3.63, 3.8) is 0 Å². The summed E-state index contributed by atoms with van der Waals surface area (Å²) in [4.78, 5) is 27.3. The van der Waals surface area contributed by atoms with Gasteiger partial charge in [0.25, 0.3) is 5.91 Å². The zero-order chi connectivity index (χ0) is 19.1. The first-order valence-electron chi connectivity index (χ1n) is 8.64. The lowest BCUT2D eigenvalue weighted by molar-refractivity contribution is -0.119. The number of nitrogens with zero attached hydrogens (tertiary/aromatic N) is 1. The van der Waals surface area contributed by atoms with Gasteiger partial charge in [-0.2, -0.15) is 0 Å². The summed E-state index contributed by atoms with van der Waals surface area (Å²) < 4.78 is 10.8. The Morgan fingerprint density at radius 3 is 2.67 bits per heavy atom. The molecule has 0 radical (unpaired) electrons. The predicted octanol–water partition coefficient (Wildman–Crippen LogP) is 3.20. The molecule has 7 heteroatoms. The molecule has 0 spiro atoms. The molecule has 2 heterocycles. The fourth-order valence-corrected chi connectivity index (χ4v) is 3.89. The molecule has 1 N–H and O–H groups in total. The van der Waals surface area contributed by atoms with Gasteiger partial charge in [0, 0.05) is 30.7 Å². The van der Waals surface area contributed by atoms with Crippen molar-refractivity contribution in [2.24, 2.45) is 0 Å². The lowest BCUT2D eigenvalue weighted by atomic mass is 10.0. The van der Waals surface area contributed by atoms with Crippen LogP contribution < -0.4 is 10.1 Å². The molecule has 2 aromatic rings. The van der Waals surface area contributed by atoms with Crippen LogP contribution in [0.25, 0.3) is 11.1 Å². The fourth-order valence-electron chi connectivity index (χ4n) is 3.72. The predicted molar refractivity (Wildman–Crippen MR) is 102 cm³/mol. The Balaban J connectivity index is 1.79. The number of fused-ring (bicyclic) bond motifs is 2. The minimum atomic E-state index is -0.515. The van der Waals surface area contributed by atoms with Crippen molar-refractivity contribution in [2.45, 2.75) is 18.6 Å². The van der Waals surface area contributed by atoms with E-state index in [4.69, 9.17) is 21.1 Å². The lowest BCUT2D eigenvalue weighted by Gasteiger charge is -2.20. The van der Waals surface area contributed by atoms with Gasteiger partial charge in [0.05, 0.1) is 24.5 Å². The van der Waals surface area contributed by atoms with E-state index in [1.165, 1.54) is 0 Å². The monoisotopic (exact) mass is 386 g/mol. The van der Waals surface area contributed by atoms with Crippen LogP contribution in [-0.4, -0.2) is 49.6 Å². The van der Waals surface area contributed by atoms with Crippen molar-refractivity contribution in [3.8, 4) is 16.9 Å². The first kappa shape index (κ1) is 17.8. The maximum atomic E-state index is 13.2. The van der Waals surface area contributed by atoms with Crippen LogP contribution in [0.15, 0.2) is 36.4 Å². The van der Waals surface area contributed by atoms with E-state index in [0.29, 0.717) is 35.0 Å². The number of rotatable bonds is 3. The number of carbonyl (C=O) groups is 2. The molecule has 27 heavy (non-hydrogen) atoms. The number of nitrogens with one attached hydrogen (secondary N) is 1. The molecule has 140 valence electrons. The molecule has 2 aliphatic heterocycles. The van der Waals surface area contributed by atoms with E-state index in [2.05, 4.69) is 5.32 Å². The summed E-state index contributed by atoms with van der Waals surface area (Å²) in [6, 6.07) is 10.2. The maximum Gasteiger partial charge on any atom is 0.256 e. The average Bonchev–Trinajstić information content (AvgIpc) is 3.09. The quantitative estimate of drug-likeness (QED) is 0.879. The van der Waals surface area contributed by atoms with E-state index >= 15 is 0 Å². The van der Waals surface area contributed by atoms with Gasteiger partial charge in [-0.1, -0.05) is 17.7 Å². The van der Waals surface area contributed by atoms with Gasteiger partial charge in [-0.25, -0.2) is 0 Å². The minimum Gasteiger partial charge on any atom is -0.496 e. The highest BCUT2D eigenvalue weighted by molar-refractivity contribution is 6.31. The summed E-state index contributed by atoms with van der Waals surface area (Å²) in [5, 5.41) is 3.45. The Morgan fingerprint density at radius 1 is 1.11 bits per heavy atom. The third kappa shape index (κ3) is 3.05. The molecule has 6 nitrogen and oxygen atoms in total. The SMILES string of the molecule is COc1ccc(Cl)cc1-c1ccc2c(c1)C(=O)N1C[C@H](OC)C[C@H]1C(=O)N2. The summed E-state index contributed by atoms with van der Waals surface area (Å²) in [5.74, 6) is 0.286. The maximum absolute atomic E-state index is 13.2. The number of ether oxygens (including phenoxy) is 2. The Bertz CT molecular complexity index is 930. The van der Waals surface area contributed by atoms with Gasteiger partial charge >= 0.3 is 0 Å². The molecule has 0 aromatic heterocycles. The number of methoxy groups -OCH3 is 2. The standard InChI is InChI=1S/C20H19ClN2O4/c1-26-13-9-17-19(24)22-16-5-3-11(7-15(16)20(25)23(17)10-13)14-8-12(21)4-6-18(14)27-2/h3-8,13,17H,9-10H2,1-2H3,(H,22,24)/t13-,17+/m1/s1. The summed E-state index contributed by atoms with van der Waals surface area (Å²) >= 11 is 6.14. The van der Waals surface area contributed by atoms with Crippen molar-refractivity contribution in [2.75, 3.05) is 26.1 Å². The van der Waals surface area contributed by atoms with Gasteiger partial charge in [0.2, 0.25) is 5.91 Å². The van der Waals surface area contributed by atoms with Gasteiger partial charge in [-0.05, 0) is 35.9 Å². The van der Waals surface area contributed by atoms with Crippen molar-refractivity contribution >= 4 is 29.1 Å². The Labute approximate surface area is 162 Å². The second-order valence-corrected chi connectivity index (χ2v) is 7.10. The van der Waals surface area contributed by atoms with Crippen molar-refractivity contribution < 1.29 is 19.1 Å².